The van der Waals surface area contributed by atoms with Gasteiger partial charge in [-0.2, -0.15) is 0 Å². The molecule has 5 rings (SSSR count). The van der Waals surface area contributed by atoms with Gasteiger partial charge < -0.3 is 9.47 Å². The Labute approximate surface area is 205 Å². The third kappa shape index (κ3) is 3.66. The standard InChI is InChI=1S/C30H29NO4/c1-18(28(32)34-3)16-30(17-19(2)29(33)35-4)23-14-13-20-9-5-7-11-22(20)26(23)27-24(30)15-21-10-6-8-12-25(21)31-27/h5-15,18-19H,16-17H2,1-4H3. The number of para-hydroxylation sites is 1. The Bertz CT molecular complexity index is 1430. The zero-order valence-corrected chi connectivity index (χ0v) is 20.5. The normalized spacial score (nSPS) is 18.1. The van der Waals surface area contributed by atoms with Gasteiger partial charge in [-0.25, -0.2) is 4.98 Å². The van der Waals surface area contributed by atoms with Crippen LogP contribution in [0.15, 0.2) is 66.7 Å². The van der Waals surface area contributed by atoms with E-state index < -0.39 is 5.41 Å². The molecule has 0 fully saturated rings. The van der Waals surface area contributed by atoms with Crippen LogP contribution in [-0.2, 0) is 24.5 Å². The maximum absolute atomic E-state index is 12.6. The number of nitrogens with zero attached hydrogens (tertiary/aromatic N) is 1. The summed E-state index contributed by atoms with van der Waals surface area (Å²) in [5.41, 5.74) is 4.47. The van der Waals surface area contributed by atoms with Gasteiger partial charge in [0.05, 0.1) is 37.3 Å². The van der Waals surface area contributed by atoms with Crippen LogP contribution in [0.4, 0.5) is 0 Å². The molecule has 0 aliphatic heterocycles. The lowest BCUT2D eigenvalue weighted by Gasteiger charge is -2.35. The number of carbonyl (C=O) groups is 2. The molecule has 2 atom stereocenters. The van der Waals surface area contributed by atoms with Gasteiger partial charge in [-0.05, 0) is 46.9 Å². The number of carbonyl (C=O) groups excluding carboxylic acids is 2. The quantitative estimate of drug-likeness (QED) is 0.323. The van der Waals surface area contributed by atoms with Gasteiger partial charge in [0.25, 0.3) is 0 Å². The molecule has 0 bridgehead atoms. The van der Waals surface area contributed by atoms with Crippen LogP contribution in [0.25, 0.3) is 32.9 Å². The minimum Gasteiger partial charge on any atom is -0.469 e. The van der Waals surface area contributed by atoms with E-state index in [1.54, 1.807) is 0 Å². The van der Waals surface area contributed by atoms with E-state index in [0.29, 0.717) is 12.8 Å². The summed E-state index contributed by atoms with van der Waals surface area (Å²) in [6.07, 6.45) is 0.999. The second kappa shape index (κ2) is 8.81. The van der Waals surface area contributed by atoms with E-state index in [1.807, 2.05) is 44.2 Å². The number of hydrogen-bond donors (Lipinski definition) is 0. The van der Waals surface area contributed by atoms with E-state index in [1.165, 1.54) is 14.2 Å². The van der Waals surface area contributed by atoms with Crippen molar-refractivity contribution in [1.82, 2.24) is 4.98 Å². The third-order valence-electron chi connectivity index (χ3n) is 7.44. The molecule has 5 nitrogen and oxygen atoms in total. The first-order valence-corrected chi connectivity index (χ1v) is 12.0. The van der Waals surface area contributed by atoms with Crippen LogP contribution in [0.3, 0.4) is 0 Å². The van der Waals surface area contributed by atoms with Gasteiger partial charge in [0.1, 0.15) is 0 Å². The molecule has 35 heavy (non-hydrogen) atoms. The number of benzene rings is 3. The zero-order valence-electron chi connectivity index (χ0n) is 20.5. The number of ether oxygens (including phenoxy) is 2. The van der Waals surface area contributed by atoms with E-state index in [9.17, 15) is 9.59 Å². The molecule has 0 amide bonds. The van der Waals surface area contributed by atoms with Crippen molar-refractivity contribution in [2.75, 3.05) is 14.2 Å². The van der Waals surface area contributed by atoms with Crippen molar-refractivity contribution in [3.63, 3.8) is 0 Å². The molecule has 1 heterocycles. The largest absolute Gasteiger partial charge is 0.469 e. The van der Waals surface area contributed by atoms with Crippen LogP contribution in [-0.4, -0.2) is 31.1 Å². The van der Waals surface area contributed by atoms with Crippen LogP contribution >= 0.6 is 0 Å². The molecule has 2 unspecified atom stereocenters. The van der Waals surface area contributed by atoms with Crippen LogP contribution in [0.2, 0.25) is 0 Å². The minimum atomic E-state index is -0.604. The first-order chi connectivity index (χ1) is 16.9. The van der Waals surface area contributed by atoms with Crippen molar-refractivity contribution < 1.29 is 19.1 Å². The SMILES string of the molecule is COC(=O)C(C)CC1(CC(C)C(=O)OC)c2cc3ccccc3nc2-c2c1ccc1ccccc21. The fraction of sp³-hybridized carbons (Fsp3) is 0.300. The van der Waals surface area contributed by atoms with Crippen LogP contribution < -0.4 is 0 Å². The predicted octanol–water partition coefficient (Wildman–Crippen LogP) is 6.05. The minimum absolute atomic E-state index is 0.264. The summed E-state index contributed by atoms with van der Waals surface area (Å²) < 4.78 is 10.2. The maximum Gasteiger partial charge on any atom is 0.308 e. The zero-order chi connectivity index (χ0) is 24.7. The molecule has 0 spiro atoms. The Hall–Kier alpha value is -3.73. The Balaban J connectivity index is 1.85. The van der Waals surface area contributed by atoms with Gasteiger partial charge >= 0.3 is 11.9 Å². The highest BCUT2D eigenvalue weighted by molar-refractivity contribution is 6.03. The Morgan fingerprint density at radius 3 is 2.06 bits per heavy atom. The topological polar surface area (TPSA) is 65.5 Å². The van der Waals surface area contributed by atoms with Crippen molar-refractivity contribution in [2.45, 2.75) is 32.1 Å². The van der Waals surface area contributed by atoms with Crippen molar-refractivity contribution in [3.8, 4) is 11.3 Å². The first-order valence-electron chi connectivity index (χ1n) is 12.0. The van der Waals surface area contributed by atoms with Crippen LogP contribution in [0.5, 0.6) is 0 Å². The average molecular weight is 468 g/mol. The highest BCUT2D eigenvalue weighted by Gasteiger charge is 2.48. The van der Waals surface area contributed by atoms with Crippen molar-refractivity contribution in [2.24, 2.45) is 11.8 Å². The van der Waals surface area contributed by atoms with Gasteiger partial charge in [-0.15, -0.1) is 0 Å². The molecule has 3 aromatic carbocycles. The van der Waals surface area contributed by atoms with Crippen molar-refractivity contribution in [1.29, 1.82) is 0 Å². The first kappa shape index (κ1) is 23.0. The third-order valence-corrected chi connectivity index (χ3v) is 7.44. The van der Waals surface area contributed by atoms with Gasteiger partial charge in [0.2, 0.25) is 0 Å². The molecule has 0 N–H and O–H groups in total. The van der Waals surface area contributed by atoms with Gasteiger partial charge in [0.15, 0.2) is 0 Å². The predicted molar refractivity (Wildman–Crippen MR) is 137 cm³/mol. The number of rotatable bonds is 6. The lowest BCUT2D eigenvalue weighted by atomic mass is 9.67. The molecule has 0 saturated heterocycles. The molecule has 5 heteroatoms. The van der Waals surface area contributed by atoms with Gasteiger partial charge in [-0.3, -0.25) is 9.59 Å². The number of aromatic nitrogens is 1. The molecular formula is C30H29NO4. The lowest BCUT2D eigenvalue weighted by Crippen LogP contribution is -2.34. The summed E-state index contributed by atoms with van der Waals surface area (Å²) in [5, 5.41) is 3.28. The fourth-order valence-corrected chi connectivity index (χ4v) is 5.88. The molecule has 0 radical (unpaired) electrons. The van der Waals surface area contributed by atoms with E-state index >= 15 is 0 Å². The van der Waals surface area contributed by atoms with E-state index in [0.717, 1.165) is 44.1 Å². The fourth-order valence-electron chi connectivity index (χ4n) is 5.88. The summed E-state index contributed by atoms with van der Waals surface area (Å²) in [6.45, 7) is 3.78. The van der Waals surface area contributed by atoms with Crippen LogP contribution in [0, 0.1) is 11.8 Å². The molecule has 178 valence electrons. The number of esters is 2. The maximum atomic E-state index is 12.6. The summed E-state index contributed by atoms with van der Waals surface area (Å²) in [4.78, 5) is 30.4. The summed E-state index contributed by atoms with van der Waals surface area (Å²) in [7, 11) is 2.84. The van der Waals surface area contributed by atoms with E-state index in [-0.39, 0.29) is 23.8 Å². The Kier molecular flexibility index (Phi) is 5.79. The Morgan fingerprint density at radius 1 is 0.800 bits per heavy atom. The van der Waals surface area contributed by atoms with Gasteiger partial charge in [0, 0.05) is 16.4 Å². The Morgan fingerprint density at radius 2 is 1.40 bits per heavy atom. The van der Waals surface area contributed by atoms with Crippen molar-refractivity contribution >= 4 is 33.6 Å². The second-order valence-corrected chi connectivity index (χ2v) is 9.63. The summed E-state index contributed by atoms with van der Waals surface area (Å²) in [5.74, 6) is -1.28. The average Bonchev–Trinajstić information content (AvgIpc) is 3.14. The molecule has 4 aromatic rings. The summed E-state index contributed by atoms with van der Waals surface area (Å²) in [6, 6.07) is 22.8. The smallest absolute Gasteiger partial charge is 0.308 e. The number of hydrogen-bond acceptors (Lipinski definition) is 5. The molecule has 1 aromatic heterocycles. The number of methoxy groups -OCH3 is 2. The van der Waals surface area contributed by atoms with E-state index in [2.05, 4.69) is 36.4 Å². The monoisotopic (exact) mass is 467 g/mol. The number of pyridine rings is 1. The molecule has 0 saturated carbocycles. The molecule has 1 aliphatic carbocycles. The van der Waals surface area contributed by atoms with E-state index in [4.69, 9.17) is 14.5 Å². The highest BCUT2D eigenvalue weighted by atomic mass is 16.5. The lowest BCUT2D eigenvalue weighted by molar-refractivity contribution is -0.146. The molecular weight excluding hydrogens is 438 g/mol. The van der Waals surface area contributed by atoms with Crippen LogP contribution in [0.1, 0.15) is 37.8 Å². The molecule has 1 aliphatic rings. The van der Waals surface area contributed by atoms with Gasteiger partial charge in [-0.1, -0.05) is 68.4 Å². The second-order valence-electron chi connectivity index (χ2n) is 9.63. The highest BCUT2D eigenvalue weighted by Crippen LogP contribution is 2.56. The van der Waals surface area contributed by atoms with Crippen molar-refractivity contribution in [3.05, 3.63) is 77.9 Å². The summed E-state index contributed by atoms with van der Waals surface area (Å²) >= 11 is 0. The number of fused-ring (bicyclic) bond motifs is 6.